The fourth-order valence-corrected chi connectivity index (χ4v) is 5.72. The van der Waals surface area contributed by atoms with E-state index in [1.54, 1.807) is 25.1 Å². The van der Waals surface area contributed by atoms with Gasteiger partial charge in [0.1, 0.15) is 0 Å². The van der Waals surface area contributed by atoms with Gasteiger partial charge in [0, 0.05) is 11.8 Å². The Labute approximate surface area is 199 Å². The number of anilines is 1. The normalized spacial score (nSPS) is 12.1. The van der Waals surface area contributed by atoms with E-state index < -0.39 is 31.0 Å². The number of aromatic amines is 2. The number of aromatic nitrogens is 2. The highest BCUT2D eigenvalue weighted by atomic mass is 35.5. The van der Waals surface area contributed by atoms with Gasteiger partial charge in [-0.1, -0.05) is 29.8 Å². The van der Waals surface area contributed by atoms with Crippen LogP contribution in [0.25, 0.3) is 22.2 Å². The number of fused-ring (bicyclic) bond motifs is 1. The Balaban J connectivity index is 1.70. The largest absolute Gasteiger partial charge is 0.316 e. The molecule has 34 heavy (non-hydrogen) atoms. The summed E-state index contributed by atoms with van der Waals surface area (Å²) >= 11 is 6.39. The van der Waals surface area contributed by atoms with Gasteiger partial charge in [0.25, 0.3) is 10.0 Å². The van der Waals surface area contributed by atoms with Gasteiger partial charge in [-0.25, -0.2) is 16.8 Å². The minimum absolute atomic E-state index is 0.0937. The molecule has 0 radical (unpaired) electrons. The molecule has 1 heterocycles. The molecule has 0 aliphatic carbocycles. The van der Waals surface area contributed by atoms with Crippen molar-refractivity contribution in [3.05, 3.63) is 85.9 Å². The first-order valence-electron chi connectivity index (χ1n) is 9.75. The first-order valence-corrected chi connectivity index (χ1v) is 13.5. The Morgan fingerprint density at radius 1 is 0.853 bits per heavy atom. The summed E-state index contributed by atoms with van der Waals surface area (Å²) in [5.41, 5.74) is 0.349. The van der Waals surface area contributed by atoms with E-state index >= 15 is 0 Å². The molecule has 176 valence electrons. The molecule has 0 spiro atoms. The van der Waals surface area contributed by atoms with Crippen LogP contribution in [0.2, 0.25) is 5.02 Å². The molecule has 0 saturated carbocycles. The second-order valence-corrected chi connectivity index (χ2v) is 11.7. The molecule has 3 N–H and O–H groups in total. The summed E-state index contributed by atoms with van der Waals surface area (Å²) in [6.45, 7) is 1.56. The van der Waals surface area contributed by atoms with Crippen molar-refractivity contribution in [1.82, 2.24) is 9.97 Å². The summed E-state index contributed by atoms with van der Waals surface area (Å²) in [6, 6.07) is 13.5. The molecule has 12 heteroatoms. The number of nitrogens with one attached hydrogen (secondary N) is 3. The second kappa shape index (κ2) is 8.42. The predicted octanol–water partition coefficient (Wildman–Crippen LogP) is 3.05. The zero-order valence-electron chi connectivity index (χ0n) is 17.8. The summed E-state index contributed by atoms with van der Waals surface area (Å²) in [5, 5.41) is 0.211. The minimum atomic E-state index is -4.08. The van der Waals surface area contributed by atoms with Crippen LogP contribution in [0.3, 0.4) is 0 Å². The summed E-state index contributed by atoms with van der Waals surface area (Å²) < 4.78 is 52.2. The maximum Gasteiger partial charge on any atom is 0.314 e. The number of aryl methyl sites for hydroxylation is 1. The van der Waals surface area contributed by atoms with Crippen LogP contribution in [-0.4, -0.2) is 33.1 Å². The Hall–Kier alpha value is -3.41. The molecular weight excluding hydrogens is 502 g/mol. The lowest BCUT2D eigenvalue weighted by Crippen LogP contribution is -2.29. The number of hydrogen-bond acceptors (Lipinski definition) is 6. The Morgan fingerprint density at radius 2 is 1.50 bits per heavy atom. The lowest BCUT2D eigenvalue weighted by Gasteiger charge is -2.13. The average Bonchev–Trinajstić information content (AvgIpc) is 2.74. The highest BCUT2D eigenvalue weighted by Gasteiger charge is 2.19. The standard InChI is InChI=1S/C22H18ClN3O6S2/c1-12-8-18-19(25-22(28)21(27)24-18)11-20(12)34(31,32)26-14-6-7-16(17(23)10-14)13-4-3-5-15(9-13)33(2,29)30/h3-11,26H,1-2H3,(H,24,27)(H,25,28). The zero-order chi connectivity index (χ0) is 24.8. The van der Waals surface area contributed by atoms with E-state index in [0.29, 0.717) is 22.2 Å². The maximum absolute atomic E-state index is 13.1. The molecule has 0 unspecified atom stereocenters. The zero-order valence-corrected chi connectivity index (χ0v) is 20.2. The van der Waals surface area contributed by atoms with Crippen LogP contribution < -0.4 is 15.8 Å². The molecule has 1 aromatic heterocycles. The van der Waals surface area contributed by atoms with Gasteiger partial charge >= 0.3 is 11.1 Å². The number of benzene rings is 3. The Bertz CT molecular complexity index is 1790. The molecule has 0 saturated heterocycles. The Morgan fingerprint density at radius 3 is 2.12 bits per heavy atom. The van der Waals surface area contributed by atoms with Crippen molar-refractivity contribution in [3.63, 3.8) is 0 Å². The molecule has 3 aromatic carbocycles. The fraction of sp³-hybridized carbons (Fsp3) is 0.0909. The van der Waals surface area contributed by atoms with E-state index in [2.05, 4.69) is 14.7 Å². The number of hydrogen-bond donors (Lipinski definition) is 3. The summed E-state index contributed by atoms with van der Waals surface area (Å²) in [7, 11) is -7.49. The second-order valence-electron chi connectivity index (χ2n) is 7.67. The van der Waals surface area contributed by atoms with E-state index in [-0.39, 0.29) is 26.0 Å². The lowest BCUT2D eigenvalue weighted by atomic mass is 10.1. The topological polar surface area (TPSA) is 146 Å². The first-order chi connectivity index (χ1) is 15.8. The number of rotatable bonds is 5. The van der Waals surface area contributed by atoms with Crippen molar-refractivity contribution in [2.24, 2.45) is 0 Å². The fourth-order valence-electron chi connectivity index (χ4n) is 3.46. The maximum atomic E-state index is 13.1. The summed E-state index contributed by atoms with van der Waals surface area (Å²) in [4.78, 5) is 27.9. The molecule has 9 nitrogen and oxygen atoms in total. The van der Waals surface area contributed by atoms with E-state index in [0.717, 1.165) is 6.26 Å². The molecule has 0 fully saturated rings. The highest BCUT2D eigenvalue weighted by molar-refractivity contribution is 7.92. The third kappa shape index (κ3) is 4.63. The predicted molar refractivity (Wildman–Crippen MR) is 131 cm³/mol. The van der Waals surface area contributed by atoms with Crippen LogP contribution in [0.15, 0.2) is 74.0 Å². The number of H-pyrrole nitrogens is 2. The van der Waals surface area contributed by atoms with Crippen LogP contribution in [0.4, 0.5) is 5.69 Å². The van der Waals surface area contributed by atoms with Crippen LogP contribution >= 0.6 is 11.6 Å². The van der Waals surface area contributed by atoms with Crippen molar-refractivity contribution in [1.29, 1.82) is 0 Å². The van der Waals surface area contributed by atoms with E-state index in [1.807, 2.05) is 0 Å². The van der Waals surface area contributed by atoms with Crippen molar-refractivity contribution in [3.8, 4) is 11.1 Å². The molecule has 0 aliphatic rings. The van der Waals surface area contributed by atoms with Crippen LogP contribution in [0.1, 0.15) is 5.56 Å². The quantitative estimate of drug-likeness (QED) is 0.345. The monoisotopic (exact) mass is 519 g/mol. The van der Waals surface area contributed by atoms with E-state index in [4.69, 9.17) is 11.6 Å². The van der Waals surface area contributed by atoms with Crippen LogP contribution in [0, 0.1) is 6.92 Å². The third-order valence-electron chi connectivity index (χ3n) is 5.10. The van der Waals surface area contributed by atoms with Gasteiger partial charge in [0.2, 0.25) is 0 Å². The van der Waals surface area contributed by atoms with Crippen LogP contribution in [0.5, 0.6) is 0 Å². The van der Waals surface area contributed by atoms with Gasteiger partial charge in [0.15, 0.2) is 9.84 Å². The third-order valence-corrected chi connectivity index (χ3v) is 8.05. The molecule has 0 atom stereocenters. The SMILES string of the molecule is Cc1cc2[nH]c(=O)c(=O)[nH]c2cc1S(=O)(=O)Nc1ccc(-c2cccc(S(C)(=O)=O)c2)c(Cl)c1. The lowest BCUT2D eigenvalue weighted by molar-refractivity contribution is 0.599. The van der Waals surface area contributed by atoms with E-state index in [9.17, 15) is 26.4 Å². The molecule has 0 aliphatic heterocycles. The molecule has 4 aromatic rings. The molecule has 0 amide bonds. The Kier molecular flexibility index (Phi) is 5.88. The number of sulfone groups is 1. The van der Waals surface area contributed by atoms with Gasteiger partial charge in [-0.05, 0) is 54.4 Å². The summed E-state index contributed by atoms with van der Waals surface area (Å²) in [5.74, 6) is 0. The van der Waals surface area contributed by atoms with Crippen molar-refractivity contribution >= 4 is 48.2 Å². The van der Waals surface area contributed by atoms with Gasteiger partial charge in [-0.2, -0.15) is 0 Å². The van der Waals surface area contributed by atoms with Gasteiger partial charge < -0.3 is 9.97 Å². The minimum Gasteiger partial charge on any atom is -0.316 e. The highest BCUT2D eigenvalue weighted by Crippen LogP contribution is 2.32. The van der Waals surface area contributed by atoms with Crippen molar-refractivity contribution < 1.29 is 16.8 Å². The number of sulfonamides is 1. The summed E-state index contributed by atoms with van der Waals surface area (Å²) in [6.07, 6.45) is 1.10. The van der Waals surface area contributed by atoms with Crippen molar-refractivity contribution in [2.75, 3.05) is 11.0 Å². The average molecular weight is 520 g/mol. The van der Waals surface area contributed by atoms with Crippen LogP contribution in [-0.2, 0) is 19.9 Å². The molecule has 4 rings (SSSR count). The van der Waals surface area contributed by atoms with Gasteiger partial charge in [-0.15, -0.1) is 0 Å². The molecular formula is C22H18ClN3O6S2. The first kappa shape index (κ1) is 23.7. The van der Waals surface area contributed by atoms with Crippen molar-refractivity contribution in [2.45, 2.75) is 16.7 Å². The smallest absolute Gasteiger partial charge is 0.314 e. The molecule has 0 bridgehead atoms. The number of halogens is 1. The van der Waals surface area contributed by atoms with E-state index in [1.165, 1.54) is 36.4 Å². The van der Waals surface area contributed by atoms with Gasteiger partial charge in [-0.3, -0.25) is 14.3 Å². The van der Waals surface area contributed by atoms with Gasteiger partial charge in [0.05, 0.1) is 31.5 Å².